The van der Waals surface area contributed by atoms with Gasteiger partial charge in [0.1, 0.15) is 0 Å². The lowest BCUT2D eigenvalue weighted by Gasteiger charge is -2.20. The third kappa shape index (κ3) is 4.33. The van der Waals surface area contributed by atoms with Crippen LogP contribution in [0.1, 0.15) is 18.4 Å². The zero-order valence-corrected chi connectivity index (χ0v) is 13.3. The van der Waals surface area contributed by atoms with Crippen molar-refractivity contribution in [3.63, 3.8) is 0 Å². The number of rotatable bonds is 5. The van der Waals surface area contributed by atoms with E-state index in [4.69, 9.17) is 29.0 Å². The number of benzene rings is 1. The van der Waals surface area contributed by atoms with Crippen molar-refractivity contribution in [1.82, 2.24) is 5.43 Å². The van der Waals surface area contributed by atoms with E-state index >= 15 is 0 Å². The van der Waals surface area contributed by atoms with Crippen molar-refractivity contribution in [2.75, 3.05) is 11.5 Å². The predicted octanol–water partition coefficient (Wildman–Crippen LogP) is 2.19. The molecule has 4 nitrogen and oxygen atoms in total. The SMILES string of the molecule is NNC(Cc1cc(Cl)ccc1Cl)CC1CCS(=O)(=O)C1. The summed E-state index contributed by atoms with van der Waals surface area (Å²) >= 11 is 12.1. The summed E-state index contributed by atoms with van der Waals surface area (Å²) in [6.45, 7) is 0. The molecule has 1 aliphatic rings. The molecule has 0 aromatic heterocycles. The van der Waals surface area contributed by atoms with Gasteiger partial charge in [0.05, 0.1) is 11.5 Å². The zero-order chi connectivity index (χ0) is 14.8. The normalized spacial score (nSPS) is 22.9. The Balaban J connectivity index is 2.01. The Hall–Kier alpha value is -0.330. The van der Waals surface area contributed by atoms with E-state index in [1.165, 1.54) is 0 Å². The van der Waals surface area contributed by atoms with Gasteiger partial charge in [-0.1, -0.05) is 23.2 Å². The number of hydrazine groups is 1. The third-order valence-electron chi connectivity index (χ3n) is 3.65. The summed E-state index contributed by atoms with van der Waals surface area (Å²) < 4.78 is 23.0. The Morgan fingerprint density at radius 3 is 2.75 bits per heavy atom. The first-order chi connectivity index (χ1) is 9.39. The number of nitrogens with one attached hydrogen (secondary N) is 1. The molecule has 1 aromatic carbocycles. The summed E-state index contributed by atoms with van der Waals surface area (Å²) in [6, 6.07) is 5.30. The van der Waals surface area contributed by atoms with Crippen LogP contribution in [0.25, 0.3) is 0 Å². The van der Waals surface area contributed by atoms with Gasteiger partial charge in [-0.2, -0.15) is 0 Å². The maximum absolute atomic E-state index is 11.5. The largest absolute Gasteiger partial charge is 0.271 e. The highest BCUT2D eigenvalue weighted by Crippen LogP contribution is 2.26. The lowest BCUT2D eigenvalue weighted by atomic mass is 9.95. The highest BCUT2D eigenvalue weighted by Gasteiger charge is 2.29. The van der Waals surface area contributed by atoms with E-state index in [-0.39, 0.29) is 23.5 Å². The van der Waals surface area contributed by atoms with E-state index in [0.29, 0.717) is 22.9 Å². The smallest absolute Gasteiger partial charge is 0.150 e. The molecular formula is C13H18Cl2N2O2S. The maximum atomic E-state index is 11.5. The molecule has 0 bridgehead atoms. The Kier molecular flexibility index (Phi) is 5.31. The molecular weight excluding hydrogens is 319 g/mol. The van der Waals surface area contributed by atoms with Crippen molar-refractivity contribution < 1.29 is 8.42 Å². The molecule has 1 fully saturated rings. The number of halogens is 2. The third-order valence-corrected chi connectivity index (χ3v) is 6.10. The second-order valence-corrected chi connectivity index (χ2v) is 8.38. The van der Waals surface area contributed by atoms with Gasteiger partial charge in [-0.15, -0.1) is 0 Å². The number of sulfone groups is 1. The molecule has 1 heterocycles. The number of hydrogen-bond donors (Lipinski definition) is 2. The summed E-state index contributed by atoms with van der Waals surface area (Å²) in [7, 11) is -2.85. The van der Waals surface area contributed by atoms with Gasteiger partial charge < -0.3 is 0 Å². The van der Waals surface area contributed by atoms with Crippen LogP contribution in [0.5, 0.6) is 0 Å². The van der Waals surface area contributed by atoms with Crippen molar-refractivity contribution in [2.24, 2.45) is 11.8 Å². The Morgan fingerprint density at radius 2 is 2.15 bits per heavy atom. The van der Waals surface area contributed by atoms with E-state index in [1.54, 1.807) is 12.1 Å². The van der Waals surface area contributed by atoms with Gasteiger partial charge in [-0.05, 0) is 48.9 Å². The Labute approximate surface area is 129 Å². The van der Waals surface area contributed by atoms with E-state index in [2.05, 4.69) is 5.43 Å². The molecule has 20 heavy (non-hydrogen) atoms. The summed E-state index contributed by atoms with van der Waals surface area (Å²) in [5, 5.41) is 1.28. The van der Waals surface area contributed by atoms with Crippen molar-refractivity contribution in [2.45, 2.75) is 25.3 Å². The molecule has 0 aliphatic carbocycles. The molecule has 3 N–H and O–H groups in total. The van der Waals surface area contributed by atoms with E-state index in [1.807, 2.05) is 6.07 Å². The maximum Gasteiger partial charge on any atom is 0.150 e. The molecule has 7 heteroatoms. The molecule has 0 radical (unpaired) electrons. The predicted molar refractivity (Wildman–Crippen MR) is 82.7 cm³/mol. The molecule has 1 aliphatic heterocycles. The first kappa shape index (κ1) is 16.0. The monoisotopic (exact) mass is 336 g/mol. The first-order valence-electron chi connectivity index (χ1n) is 6.50. The van der Waals surface area contributed by atoms with Gasteiger partial charge in [0.25, 0.3) is 0 Å². The van der Waals surface area contributed by atoms with Crippen LogP contribution in [0.2, 0.25) is 10.0 Å². The molecule has 0 amide bonds. The molecule has 1 aromatic rings. The quantitative estimate of drug-likeness (QED) is 0.638. The van der Waals surface area contributed by atoms with E-state index in [9.17, 15) is 8.42 Å². The van der Waals surface area contributed by atoms with Crippen LogP contribution < -0.4 is 11.3 Å². The lowest BCUT2D eigenvalue weighted by molar-refractivity contribution is 0.408. The topological polar surface area (TPSA) is 72.2 Å². The van der Waals surface area contributed by atoms with Crippen molar-refractivity contribution in [3.8, 4) is 0 Å². The molecule has 112 valence electrons. The second-order valence-electron chi connectivity index (χ2n) is 5.31. The minimum absolute atomic E-state index is 0.00994. The number of nitrogens with two attached hydrogens (primary N) is 1. The summed E-state index contributed by atoms with van der Waals surface area (Å²) in [5.74, 6) is 6.29. The summed E-state index contributed by atoms with van der Waals surface area (Å²) in [4.78, 5) is 0. The Bertz CT molecular complexity index is 578. The molecule has 2 atom stereocenters. The van der Waals surface area contributed by atoms with Gasteiger partial charge in [0.15, 0.2) is 9.84 Å². The summed E-state index contributed by atoms with van der Waals surface area (Å²) in [5.41, 5.74) is 3.67. The Morgan fingerprint density at radius 1 is 1.40 bits per heavy atom. The fourth-order valence-electron chi connectivity index (χ4n) is 2.64. The van der Waals surface area contributed by atoms with Crippen LogP contribution >= 0.6 is 23.2 Å². The van der Waals surface area contributed by atoms with Crippen LogP contribution in [-0.2, 0) is 16.3 Å². The average Bonchev–Trinajstić information content (AvgIpc) is 2.72. The minimum atomic E-state index is -2.85. The first-order valence-corrected chi connectivity index (χ1v) is 9.08. The lowest BCUT2D eigenvalue weighted by Crippen LogP contribution is -2.38. The average molecular weight is 337 g/mol. The molecule has 2 rings (SSSR count). The van der Waals surface area contributed by atoms with Crippen molar-refractivity contribution >= 4 is 33.0 Å². The van der Waals surface area contributed by atoms with Gasteiger partial charge >= 0.3 is 0 Å². The fourth-order valence-corrected chi connectivity index (χ4v) is 4.91. The molecule has 2 unspecified atom stereocenters. The van der Waals surface area contributed by atoms with E-state index < -0.39 is 9.84 Å². The molecule has 1 saturated heterocycles. The van der Waals surface area contributed by atoms with Crippen LogP contribution in [0.15, 0.2) is 18.2 Å². The standard InChI is InChI=1S/C13H18Cl2N2O2S/c14-11-1-2-13(15)10(6-11)7-12(17-16)5-9-3-4-20(18,19)8-9/h1-2,6,9,12,17H,3-5,7-8,16H2. The number of hydrogen-bond acceptors (Lipinski definition) is 4. The van der Waals surface area contributed by atoms with E-state index in [0.717, 1.165) is 12.0 Å². The van der Waals surface area contributed by atoms with Gasteiger partial charge in [0, 0.05) is 16.1 Å². The minimum Gasteiger partial charge on any atom is -0.271 e. The van der Waals surface area contributed by atoms with Crippen LogP contribution in [0.3, 0.4) is 0 Å². The molecule has 0 spiro atoms. The summed E-state index contributed by atoms with van der Waals surface area (Å²) in [6.07, 6.45) is 2.06. The zero-order valence-electron chi connectivity index (χ0n) is 11.0. The van der Waals surface area contributed by atoms with Crippen LogP contribution in [0, 0.1) is 5.92 Å². The van der Waals surface area contributed by atoms with Crippen LogP contribution in [-0.4, -0.2) is 26.0 Å². The van der Waals surface area contributed by atoms with Gasteiger partial charge in [-0.3, -0.25) is 11.3 Å². The van der Waals surface area contributed by atoms with Crippen LogP contribution in [0.4, 0.5) is 0 Å². The van der Waals surface area contributed by atoms with Gasteiger partial charge in [0.2, 0.25) is 0 Å². The van der Waals surface area contributed by atoms with Crippen molar-refractivity contribution in [1.29, 1.82) is 0 Å². The highest BCUT2D eigenvalue weighted by molar-refractivity contribution is 7.91. The molecule has 0 saturated carbocycles. The van der Waals surface area contributed by atoms with Gasteiger partial charge in [-0.25, -0.2) is 8.42 Å². The van der Waals surface area contributed by atoms with Crippen molar-refractivity contribution in [3.05, 3.63) is 33.8 Å². The second kappa shape index (κ2) is 6.62. The fraction of sp³-hybridized carbons (Fsp3) is 0.538. The highest BCUT2D eigenvalue weighted by atomic mass is 35.5.